The fraction of sp³-hybridized carbons (Fsp3) is 0.200. The normalized spacial score (nSPS) is 11.6. The number of carbonyl (C=O) groups excluding carboxylic acids is 1. The van der Waals surface area contributed by atoms with Gasteiger partial charge in [-0.1, -0.05) is 60.4 Å². The van der Waals surface area contributed by atoms with Crippen LogP contribution in [-0.2, 0) is 4.74 Å². The van der Waals surface area contributed by atoms with E-state index in [2.05, 4.69) is 46.4 Å². The zero-order chi connectivity index (χ0) is 20.8. The number of amides is 1. The first-order valence-corrected chi connectivity index (χ1v) is 9.84. The molecule has 1 N–H and O–H groups in total. The van der Waals surface area contributed by atoms with Gasteiger partial charge in [-0.05, 0) is 28.3 Å². The minimum absolute atomic E-state index is 0.0607. The third-order valence-corrected chi connectivity index (χ3v) is 5.04. The molecule has 5 nitrogen and oxygen atoms in total. The van der Waals surface area contributed by atoms with Gasteiger partial charge in [0, 0.05) is 36.7 Å². The van der Waals surface area contributed by atoms with Crippen LogP contribution in [0.4, 0.5) is 4.79 Å². The van der Waals surface area contributed by atoms with E-state index in [0.29, 0.717) is 25.5 Å². The number of pyridine rings is 1. The number of rotatable bonds is 5. The summed E-state index contributed by atoms with van der Waals surface area (Å²) in [4.78, 5) is 16.2. The Balaban J connectivity index is 1.27. The smallest absolute Gasteiger partial charge is 0.407 e. The summed E-state index contributed by atoms with van der Waals surface area (Å²) in [6.07, 6.45) is 1.76. The highest BCUT2D eigenvalue weighted by molar-refractivity contribution is 5.79. The van der Waals surface area contributed by atoms with Crippen molar-refractivity contribution in [3.8, 4) is 28.8 Å². The van der Waals surface area contributed by atoms with Gasteiger partial charge >= 0.3 is 6.09 Å². The molecule has 1 aromatic heterocycles. The molecule has 0 spiro atoms. The SMILES string of the molecule is COc1ccc(C#CCCNC(=O)OCC2c3ccccc3-c3ccccc32)cn1. The van der Waals surface area contributed by atoms with Gasteiger partial charge < -0.3 is 14.8 Å². The Morgan fingerprint density at radius 2 is 1.73 bits per heavy atom. The lowest BCUT2D eigenvalue weighted by Crippen LogP contribution is -2.26. The molecule has 0 radical (unpaired) electrons. The Labute approximate surface area is 176 Å². The molecule has 0 bridgehead atoms. The minimum atomic E-state index is -0.426. The topological polar surface area (TPSA) is 60.5 Å². The van der Waals surface area contributed by atoms with Crippen LogP contribution in [0.1, 0.15) is 29.0 Å². The van der Waals surface area contributed by atoms with Crippen LogP contribution < -0.4 is 10.1 Å². The molecule has 3 aromatic rings. The third-order valence-electron chi connectivity index (χ3n) is 5.04. The number of aromatic nitrogens is 1. The Bertz CT molecular complexity index is 1050. The molecule has 0 unspecified atom stereocenters. The highest BCUT2D eigenvalue weighted by atomic mass is 16.5. The fourth-order valence-corrected chi connectivity index (χ4v) is 3.62. The summed E-state index contributed by atoms with van der Waals surface area (Å²) in [6.45, 7) is 0.732. The number of carbonyl (C=O) groups is 1. The molecule has 4 rings (SSSR count). The number of benzene rings is 2. The van der Waals surface area contributed by atoms with Gasteiger partial charge in [0.2, 0.25) is 5.88 Å². The molecule has 0 fully saturated rings. The molecule has 1 aliphatic rings. The van der Waals surface area contributed by atoms with E-state index in [-0.39, 0.29) is 5.92 Å². The number of ether oxygens (including phenoxy) is 2. The van der Waals surface area contributed by atoms with Crippen LogP contribution >= 0.6 is 0 Å². The lowest BCUT2D eigenvalue weighted by atomic mass is 9.98. The molecule has 1 aliphatic carbocycles. The third kappa shape index (κ3) is 4.28. The highest BCUT2D eigenvalue weighted by Crippen LogP contribution is 2.44. The van der Waals surface area contributed by atoms with Crippen molar-refractivity contribution in [2.45, 2.75) is 12.3 Å². The molecule has 0 aliphatic heterocycles. The largest absolute Gasteiger partial charge is 0.481 e. The molecule has 30 heavy (non-hydrogen) atoms. The predicted molar refractivity (Wildman–Crippen MR) is 115 cm³/mol. The van der Waals surface area contributed by atoms with Crippen molar-refractivity contribution >= 4 is 6.09 Å². The maximum absolute atomic E-state index is 12.1. The summed E-state index contributed by atoms with van der Waals surface area (Å²) in [7, 11) is 1.57. The van der Waals surface area contributed by atoms with Crippen LogP contribution in [0.15, 0.2) is 66.9 Å². The second kappa shape index (κ2) is 9.15. The van der Waals surface area contributed by atoms with Crippen molar-refractivity contribution in [2.24, 2.45) is 0 Å². The van der Waals surface area contributed by atoms with Crippen LogP contribution in [-0.4, -0.2) is 31.3 Å². The first-order chi connectivity index (χ1) is 14.8. The zero-order valence-corrected chi connectivity index (χ0v) is 16.7. The number of fused-ring (bicyclic) bond motifs is 3. The molecular weight excluding hydrogens is 376 g/mol. The maximum atomic E-state index is 12.1. The summed E-state index contributed by atoms with van der Waals surface area (Å²) in [5.74, 6) is 6.64. The summed E-state index contributed by atoms with van der Waals surface area (Å²) in [5.41, 5.74) is 5.63. The lowest BCUT2D eigenvalue weighted by Gasteiger charge is -2.14. The van der Waals surface area contributed by atoms with Gasteiger partial charge in [-0.2, -0.15) is 0 Å². The first-order valence-electron chi connectivity index (χ1n) is 9.84. The van der Waals surface area contributed by atoms with Crippen molar-refractivity contribution in [3.63, 3.8) is 0 Å². The van der Waals surface area contributed by atoms with Crippen LogP contribution in [0.2, 0.25) is 0 Å². The number of hydrogen-bond donors (Lipinski definition) is 1. The highest BCUT2D eigenvalue weighted by Gasteiger charge is 2.28. The van der Waals surface area contributed by atoms with Gasteiger partial charge in [-0.15, -0.1) is 0 Å². The Kier molecular flexibility index (Phi) is 5.95. The molecule has 1 heterocycles. The van der Waals surface area contributed by atoms with Crippen molar-refractivity contribution in [3.05, 3.63) is 83.6 Å². The number of alkyl carbamates (subject to hydrolysis) is 1. The fourth-order valence-electron chi connectivity index (χ4n) is 3.62. The second-order valence-corrected chi connectivity index (χ2v) is 6.89. The summed E-state index contributed by atoms with van der Waals surface area (Å²) in [5, 5.41) is 2.76. The molecular formula is C25H22N2O3. The summed E-state index contributed by atoms with van der Waals surface area (Å²) in [6, 6.07) is 20.2. The predicted octanol–water partition coefficient (Wildman–Crippen LogP) is 4.37. The van der Waals surface area contributed by atoms with Gasteiger partial charge in [0.25, 0.3) is 0 Å². The lowest BCUT2D eigenvalue weighted by molar-refractivity contribution is 0.143. The van der Waals surface area contributed by atoms with E-state index in [9.17, 15) is 4.79 Å². The quantitative estimate of drug-likeness (QED) is 0.512. The van der Waals surface area contributed by atoms with E-state index in [0.717, 1.165) is 5.56 Å². The summed E-state index contributed by atoms with van der Waals surface area (Å²) < 4.78 is 10.5. The van der Waals surface area contributed by atoms with E-state index < -0.39 is 6.09 Å². The minimum Gasteiger partial charge on any atom is -0.481 e. The molecule has 0 atom stereocenters. The maximum Gasteiger partial charge on any atom is 0.407 e. The van der Waals surface area contributed by atoms with Crippen LogP contribution in [0.3, 0.4) is 0 Å². The molecule has 1 amide bonds. The van der Waals surface area contributed by atoms with E-state index in [1.807, 2.05) is 30.3 Å². The van der Waals surface area contributed by atoms with Gasteiger partial charge in [0.05, 0.1) is 7.11 Å². The second-order valence-electron chi connectivity index (χ2n) is 6.89. The molecule has 5 heteroatoms. The standard InChI is InChI=1S/C25H22N2O3/c1-29-24-14-13-18(16-27-24)8-6-7-15-26-25(28)30-17-23-21-11-4-2-9-19(21)20-10-3-5-12-22(20)23/h2-5,9-14,16,23H,7,15,17H2,1H3,(H,26,28). The van der Waals surface area contributed by atoms with Crippen molar-refractivity contribution in [1.29, 1.82) is 0 Å². The average molecular weight is 398 g/mol. The van der Waals surface area contributed by atoms with E-state index in [4.69, 9.17) is 9.47 Å². The molecule has 0 saturated heterocycles. The van der Waals surface area contributed by atoms with Crippen molar-refractivity contribution < 1.29 is 14.3 Å². The Morgan fingerprint density at radius 3 is 2.37 bits per heavy atom. The van der Waals surface area contributed by atoms with Gasteiger partial charge in [0.15, 0.2) is 0 Å². The van der Waals surface area contributed by atoms with E-state index in [1.165, 1.54) is 22.3 Å². The van der Waals surface area contributed by atoms with Crippen molar-refractivity contribution in [2.75, 3.05) is 20.3 Å². The van der Waals surface area contributed by atoms with E-state index in [1.54, 1.807) is 19.4 Å². The van der Waals surface area contributed by atoms with Crippen LogP contribution in [0, 0.1) is 11.8 Å². The summed E-state index contributed by atoms with van der Waals surface area (Å²) >= 11 is 0. The van der Waals surface area contributed by atoms with Gasteiger partial charge in [0.1, 0.15) is 6.61 Å². The monoisotopic (exact) mass is 398 g/mol. The average Bonchev–Trinajstić information content (AvgIpc) is 3.12. The molecule has 2 aromatic carbocycles. The Hall–Kier alpha value is -3.78. The Morgan fingerprint density at radius 1 is 1.03 bits per heavy atom. The first kappa shape index (κ1) is 19.5. The number of hydrogen-bond acceptors (Lipinski definition) is 4. The zero-order valence-electron chi connectivity index (χ0n) is 16.7. The number of nitrogens with one attached hydrogen (secondary N) is 1. The van der Waals surface area contributed by atoms with Crippen molar-refractivity contribution in [1.82, 2.24) is 10.3 Å². The van der Waals surface area contributed by atoms with E-state index >= 15 is 0 Å². The molecule has 150 valence electrons. The van der Waals surface area contributed by atoms with Crippen LogP contribution in [0.5, 0.6) is 5.88 Å². The molecule has 0 saturated carbocycles. The number of nitrogens with zero attached hydrogens (tertiary/aromatic N) is 1. The van der Waals surface area contributed by atoms with Crippen LogP contribution in [0.25, 0.3) is 11.1 Å². The van der Waals surface area contributed by atoms with Gasteiger partial charge in [-0.25, -0.2) is 9.78 Å². The number of methoxy groups -OCH3 is 1. The van der Waals surface area contributed by atoms with Gasteiger partial charge in [-0.3, -0.25) is 0 Å².